The molecule has 1 saturated heterocycles. The number of carbonyl (C=O) groups is 1. The van der Waals surface area contributed by atoms with Gasteiger partial charge < -0.3 is 34.5 Å². The molecule has 3 aromatic rings. The maximum absolute atomic E-state index is 12.8. The first-order valence-corrected chi connectivity index (χ1v) is 9.14. The predicted octanol–water partition coefficient (Wildman–Crippen LogP) is 1.10. The summed E-state index contributed by atoms with van der Waals surface area (Å²) in [7, 11) is 0. The van der Waals surface area contributed by atoms with Crippen LogP contribution in [0, 0.1) is 0 Å². The van der Waals surface area contributed by atoms with Gasteiger partial charge in [0.05, 0.1) is 13.2 Å². The Hall–Kier alpha value is -2.75. The number of nitrogens with one attached hydrogen (secondary N) is 1. The van der Waals surface area contributed by atoms with Gasteiger partial charge in [0.2, 0.25) is 5.79 Å². The minimum Gasteiger partial charge on any atom is -0.422 e. The molecule has 4 rings (SSSR count). The molecule has 1 fully saturated rings. The van der Waals surface area contributed by atoms with E-state index in [1.54, 1.807) is 12.1 Å². The summed E-state index contributed by atoms with van der Waals surface area (Å²) in [4.78, 5) is 15.8. The number of aromatic nitrogens is 1. The summed E-state index contributed by atoms with van der Waals surface area (Å²) in [6.45, 7) is -0.833. The smallest absolute Gasteiger partial charge is 0.343 e. The van der Waals surface area contributed by atoms with Gasteiger partial charge in [-0.3, -0.25) is 0 Å². The molecule has 8 nitrogen and oxygen atoms in total. The molecule has 0 spiro atoms. The van der Waals surface area contributed by atoms with Gasteiger partial charge in [0.25, 0.3) is 0 Å². The minimum atomic E-state index is -2.33. The van der Waals surface area contributed by atoms with E-state index in [4.69, 9.17) is 14.2 Å². The van der Waals surface area contributed by atoms with Gasteiger partial charge in [-0.1, -0.05) is 42.5 Å². The Balaban J connectivity index is 1.54. The third-order valence-corrected chi connectivity index (χ3v) is 4.91. The summed E-state index contributed by atoms with van der Waals surface area (Å²) >= 11 is 0. The molecule has 2 heterocycles. The van der Waals surface area contributed by atoms with E-state index in [1.807, 2.05) is 42.5 Å². The van der Waals surface area contributed by atoms with Crippen LogP contribution in [0.3, 0.4) is 0 Å². The summed E-state index contributed by atoms with van der Waals surface area (Å²) in [5, 5.41) is 30.9. The Labute approximate surface area is 166 Å². The fourth-order valence-electron chi connectivity index (χ4n) is 3.33. The number of ether oxygens (including phenoxy) is 3. The van der Waals surface area contributed by atoms with Crippen molar-refractivity contribution in [3.8, 4) is 5.75 Å². The molecule has 0 aliphatic carbocycles. The molecule has 0 unspecified atom stereocenters. The molecule has 0 amide bonds. The van der Waals surface area contributed by atoms with Crippen LogP contribution in [0.4, 0.5) is 0 Å². The quantitative estimate of drug-likeness (QED) is 0.458. The molecule has 1 aliphatic heterocycles. The SMILES string of the molecule is O=C(Oc1c[nH]c2ccccc12)[C@@H]1O[C@@](O)(CO)[C@H](O)[C@H]1OCc1ccccc1. The van der Waals surface area contributed by atoms with Crippen molar-refractivity contribution in [3.05, 3.63) is 66.4 Å². The second kappa shape index (κ2) is 7.94. The molecular formula is C21H21NO7. The fraction of sp³-hybridized carbons (Fsp3) is 0.286. The Bertz CT molecular complexity index is 989. The number of hydrogen-bond donors (Lipinski definition) is 4. The number of para-hydroxylation sites is 1. The number of benzene rings is 2. The second-order valence-electron chi connectivity index (χ2n) is 6.87. The molecule has 152 valence electrons. The van der Waals surface area contributed by atoms with Gasteiger partial charge in [-0.05, 0) is 17.7 Å². The van der Waals surface area contributed by atoms with Crippen LogP contribution in [-0.4, -0.2) is 57.0 Å². The van der Waals surface area contributed by atoms with Crippen LogP contribution in [0.2, 0.25) is 0 Å². The van der Waals surface area contributed by atoms with Crippen LogP contribution in [0.5, 0.6) is 5.75 Å². The van der Waals surface area contributed by atoms with Crippen molar-refractivity contribution >= 4 is 16.9 Å². The van der Waals surface area contributed by atoms with Crippen molar-refractivity contribution in [2.24, 2.45) is 0 Å². The predicted molar refractivity (Wildman–Crippen MR) is 102 cm³/mol. The summed E-state index contributed by atoms with van der Waals surface area (Å²) in [5.41, 5.74) is 1.59. The maximum atomic E-state index is 12.8. The van der Waals surface area contributed by atoms with Crippen LogP contribution in [0.1, 0.15) is 5.56 Å². The van der Waals surface area contributed by atoms with Gasteiger partial charge in [0, 0.05) is 17.1 Å². The van der Waals surface area contributed by atoms with Gasteiger partial charge in [-0.15, -0.1) is 0 Å². The molecule has 4 atom stereocenters. The number of hydrogen-bond acceptors (Lipinski definition) is 7. The van der Waals surface area contributed by atoms with E-state index in [0.717, 1.165) is 11.1 Å². The first-order valence-electron chi connectivity index (χ1n) is 9.14. The van der Waals surface area contributed by atoms with Crippen LogP contribution >= 0.6 is 0 Å². The number of esters is 1. The summed E-state index contributed by atoms with van der Waals surface area (Å²) < 4.78 is 16.4. The van der Waals surface area contributed by atoms with Crippen molar-refractivity contribution in [1.82, 2.24) is 4.98 Å². The topological polar surface area (TPSA) is 121 Å². The zero-order chi connectivity index (χ0) is 20.4. The van der Waals surface area contributed by atoms with Crippen LogP contribution in [0.15, 0.2) is 60.8 Å². The number of fused-ring (bicyclic) bond motifs is 1. The molecule has 4 N–H and O–H groups in total. The largest absolute Gasteiger partial charge is 0.422 e. The number of aliphatic hydroxyl groups is 3. The lowest BCUT2D eigenvalue weighted by Crippen LogP contribution is -2.46. The molecular weight excluding hydrogens is 378 g/mol. The highest BCUT2D eigenvalue weighted by Crippen LogP contribution is 2.33. The number of aliphatic hydroxyl groups excluding tert-OH is 2. The average molecular weight is 399 g/mol. The molecule has 8 heteroatoms. The minimum absolute atomic E-state index is 0.0737. The van der Waals surface area contributed by atoms with Gasteiger partial charge in [-0.25, -0.2) is 4.79 Å². The van der Waals surface area contributed by atoms with Gasteiger partial charge in [-0.2, -0.15) is 0 Å². The molecule has 0 saturated carbocycles. The second-order valence-corrected chi connectivity index (χ2v) is 6.87. The van der Waals surface area contributed by atoms with Crippen LogP contribution in [-0.2, 0) is 20.9 Å². The third-order valence-electron chi connectivity index (χ3n) is 4.91. The summed E-state index contributed by atoms with van der Waals surface area (Å²) in [5.74, 6) is -2.90. The first-order chi connectivity index (χ1) is 14.0. The molecule has 29 heavy (non-hydrogen) atoms. The lowest BCUT2D eigenvalue weighted by atomic mass is 10.1. The van der Waals surface area contributed by atoms with Gasteiger partial charge in [0.15, 0.2) is 11.9 Å². The van der Waals surface area contributed by atoms with E-state index in [-0.39, 0.29) is 12.4 Å². The zero-order valence-electron chi connectivity index (χ0n) is 15.4. The van der Waals surface area contributed by atoms with E-state index in [1.165, 1.54) is 6.20 Å². The Kier molecular flexibility index (Phi) is 5.35. The van der Waals surface area contributed by atoms with E-state index < -0.39 is 36.7 Å². The van der Waals surface area contributed by atoms with Crippen LogP contribution in [0.25, 0.3) is 10.9 Å². The van der Waals surface area contributed by atoms with Gasteiger partial charge >= 0.3 is 5.97 Å². The zero-order valence-corrected chi connectivity index (χ0v) is 15.4. The highest BCUT2D eigenvalue weighted by atomic mass is 16.7. The average Bonchev–Trinajstić information content (AvgIpc) is 3.27. The van der Waals surface area contributed by atoms with E-state index in [0.29, 0.717) is 5.39 Å². The number of H-pyrrole nitrogens is 1. The van der Waals surface area contributed by atoms with E-state index >= 15 is 0 Å². The monoisotopic (exact) mass is 399 g/mol. The van der Waals surface area contributed by atoms with Crippen molar-refractivity contribution in [3.63, 3.8) is 0 Å². The third kappa shape index (κ3) is 3.76. The van der Waals surface area contributed by atoms with E-state index in [2.05, 4.69) is 4.98 Å². The molecule has 0 bridgehead atoms. The number of rotatable bonds is 6. The highest BCUT2D eigenvalue weighted by Gasteiger charge is 2.57. The van der Waals surface area contributed by atoms with E-state index in [9.17, 15) is 20.1 Å². The van der Waals surface area contributed by atoms with Crippen molar-refractivity contribution in [2.45, 2.75) is 30.7 Å². The van der Waals surface area contributed by atoms with Crippen LogP contribution < -0.4 is 4.74 Å². The maximum Gasteiger partial charge on any atom is 0.343 e. The number of carbonyl (C=O) groups excluding carboxylic acids is 1. The number of aromatic amines is 1. The summed E-state index contributed by atoms with van der Waals surface area (Å²) in [6.07, 6.45) is -2.77. The normalized spacial score (nSPS) is 26.7. The Morgan fingerprint density at radius 3 is 2.62 bits per heavy atom. The lowest BCUT2D eigenvalue weighted by Gasteiger charge is -2.23. The Morgan fingerprint density at radius 1 is 1.14 bits per heavy atom. The Morgan fingerprint density at radius 2 is 1.86 bits per heavy atom. The molecule has 2 aromatic carbocycles. The van der Waals surface area contributed by atoms with Crippen molar-refractivity contribution in [2.75, 3.05) is 6.61 Å². The summed E-state index contributed by atoms with van der Waals surface area (Å²) in [6, 6.07) is 16.4. The molecule has 0 radical (unpaired) electrons. The lowest BCUT2D eigenvalue weighted by molar-refractivity contribution is -0.246. The fourth-order valence-corrected chi connectivity index (χ4v) is 3.33. The van der Waals surface area contributed by atoms with Gasteiger partial charge in [0.1, 0.15) is 12.2 Å². The van der Waals surface area contributed by atoms with Crippen molar-refractivity contribution < 1.29 is 34.3 Å². The van der Waals surface area contributed by atoms with Crippen molar-refractivity contribution in [1.29, 1.82) is 0 Å². The standard InChI is InChI=1S/C21H21NO7/c23-12-21(26)19(24)17(27-11-13-6-2-1-3-7-13)18(29-21)20(25)28-16-10-22-15-9-5-4-8-14(15)16/h1-10,17-19,22-24,26H,11-12H2/t17-,18+,19+,21-/m0/s1. The molecule has 1 aliphatic rings. The molecule has 1 aromatic heterocycles. The first kappa shape index (κ1) is 19.6. The highest BCUT2D eigenvalue weighted by molar-refractivity contribution is 5.89.